The van der Waals surface area contributed by atoms with Crippen LogP contribution < -0.4 is 15.2 Å². The fraction of sp³-hybridized carbons (Fsp3) is 0.500. The average molecular weight is 313 g/mol. The third kappa shape index (κ3) is 4.63. The minimum absolute atomic E-state index is 0. The van der Waals surface area contributed by atoms with Crippen molar-refractivity contribution in [2.24, 2.45) is 11.7 Å². The number of rotatable bonds is 6. The van der Waals surface area contributed by atoms with Gasteiger partial charge in [0.1, 0.15) is 6.61 Å². The molecule has 1 aromatic carbocycles. The molecule has 1 saturated heterocycles. The van der Waals surface area contributed by atoms with Gasteiger partial charge >= 0.3 is 0 Å². The molecule has 1 heterocycles. The largest absolute Gasteiger partial charge is 0.493 e. The summed E-state index contributed by atoms with van der Waals surface area (Å²) >= 11 is 0. The van der Waals surface area contributed by atoms with Crippen LogP contribution in [0.15, 0.2) is 30.9 Å². The Hall–Kier alpha value is -1.23. The highest BCUT2D eigenvalue weighted by molar-refractivity contribution is 5.85. The van der Waals surface area contributed by atoms with Crippen LogP contribution in [0.3, 0.4) is 0 Å². The zero-order valence-corrected chi connectivity index (χ0v) is 13.6. The van der Waals surface area contributed by atoms with Gasteiger partial charge in [-0.2, -0.15) is 0 Å². The van der Waals surface area contributed by atoms with Crippen LogP contribution in [-0.2, 0) is 6.54 Å². The monoisotopic (exact) mass is 312 g/mol. The maximum absolute atomic E-state index is 6.06. The van der Waals surface area contributed by atoms with Gasteiger partial charge in [-0.3, -0.25) is 4.90 Å². The zero-order valence-electron chi connectivity index (χ0n) is 12.7. The first-order valence-corrected chi connectivity index (χ1v) is 7.02. The molecule has 1 aliphatic heterocycles. The summed E-state index contributed by atoms with van der Waals surface area (Å²) < 4.78 is 10.9. The summed E-state index contributed by atoms with van der Waals surface area (Å²) in [5, 5.41) is 0. The van der Waals surface area contributed by atoms with Crippen LogP contribution in [0.4, 0.5) is 0 Å². The van der Waals surface area contributed by atoms with Crippen LogP contribution in [0, 0.1) is 5.92 Å². The normalized spacial score (nSPS) is 21.7. The summed E-state index contributed by atoms with van der Waals surface area (Å²) in [6, 6.07) is 6.35. The van der Waals surface area contributed by atoms with Crippen molar-refractivity contribution in [3.8, 4) is 11.5 Å². The third-order valence-corrected chi connectivity index (χ3v) is 3.74. The van der Waals surface area contributed by atoms with Gasteiger partial charge in [0.25, 0.3) is 0 Å². The van der Waals surface area contributed by atoms with Crippen molar-refractivity contribution in [1.29, 1.82) is 0 Å². The van der Waals surface area contributed by atoms with Crippen molar-refractivity contribution >= 4 is 12.4 Å². The Morgan fingerprint density at radius 1 is 1.38 bits per heavy atom. The highest BCUT2D eigenvalue weighted by Gasteiger charge is 2.26. The molecule has 2 unspecified atom stereocenters. The standard InChI is InChI=1S/C16H24N2O2.ClH/c1-4-7-20-15-6-5-13(8-16(15)19-3)10-18-9-12(2)14(17)11-18;/h4-6,8,12,14H,1,7,9-11,17H2,2-3H3;1H. The summed E-state index contributed by atoms with van der Waals surface area (Å²) in [5.74, 6) is 2.08. The van der Waals surface area contributed by atoms with Crippen LogP contribution in [-0.4, -0.2) is 37.7 Å². The van der Waals surface area contributed by atoms with E-state index in [1.54, 1.807) is 13.2 Å². The van der Waals surface area contributed by atoms with Gasteiger partial charge in [-0.15, -0.1) is 12.4 Å². The summed E-state index contributed by atoms with van der Waals surface area (Å²) in [7, 11) is 1.66. The van der Waals surface area contributed by atoms with Crippen molar-refractivity contribution in [3.63, 3.8) is 0 Å². The van der Waals surface area contributed by atoms with Crippen molar-refractivity contribution in [2.75, 3.05) is 26.8 Å². The number of likely N-dealkylation sites (tertiary alicyclic amines) is 1. The number of methoxy groups -OCH3 is 1. The molecule has 0 saturated carbocycles. The van der Waals surface area contributed by atoms with E-state index < -0.39 is 0 Å². The van der Waals surface area contributed by atoms with Crippen molar-refractivity contribution in [1.82, 2.24) is 4.90 Å². The highest BCUT2D eigenvalue weighted by atomic mass is 35.5. The Labute approximate surface area is 133 Å². The van der Waals surface area contributed by atoms with Crippen LogP contribution in [0.2, 0.25) is 0 Å². The molecule has 0 spiro atoms. The molecule has 1 aromatic rings. The van der Waals surface area contributed by atoms with E-state index in [4.69, 9.17) is 15.2 Å². The highest BCUT2D eigenvalue weighted by Crippen LogP contribution is 2.29. The molecule has 0 amide bonds. The molecule has 0 aromatic heterocycles. The van der Waals surface area contributed by atoms with Crippen molar-refractivity contribution < 1.29 is 9.47 Å². The summed E-state index contributed by atoms with van der Waals surface area (Å²) in [6.45, 7) is 9.24. The molecule has 4 nitrogen and oxygen atoms in total. The second kappa shape index (κ2) is 8.27. The van der Waals surface area contributed by atoms with E-state index in [1.807, 2.05) is 12.1 Å². The van der Waals surface area contributed by atoms with Crippen LogP contribution in [0.5, 0.6) is 11.5 Å². The first-order chi connectivity index (χ1) is 9.63. The average Bonchev–Trinajstić information content (AvgIpc) is 2.75. The predicted octanol–water partition coefficient (Wildman–Crippen LogP) is 2.46. The Balaban J connectivity index is 0.00000220. The van der Waals surface area contributed by atoms with Crippen molar-refractivity contribution in [2.45, 2.75) is 19.5 Å². The molecule has 118 valence electrons. The SMILES string of the molecule is C=CCOc1ccc(CN2CC(C)C(N)C2)cc1OC.Cl. The molecule has 5 heteroatoms. The minimum atomic E-state index is 0. The van der Waals surface area contributed by atoms with E-state index in [-0.39, 0.29) is 18.4 Å². The Bertz CT molecular complexity index is 458. The third-order valence-electron chi connectivity index (χ3n) is 3.74. The molecule has 2 rings (SSSR count). The lowest BCUT2D eigenvalue weighted by Crippen LogP contribution is -2.28. The smallest absolute Gasteiger partial charge is 0.161 e. The van der Waals surface area contributed by atoms with E-state index in [0.717, 1.165) is 31.1 Å². The number of hydrogen-bond donors (Lipinski definition) is 1. The summed E-state index contributed by atoms with van der Waals surface area (Å²) in [5.41, 5.74) is 7.28. The quantitative estimate of drug-likeness (QED) is 0.820. The van der Waals surface area contributed by atoms with E-state index in [1.165, 1.54) is 5.56 Å². The Kier molecular flexibility index (Phi) is 7.02. The first kappa shape index (κ1) is 17.8. The molecule has 0 aliphatic carbocycles. The number of halogens is 1. The van der Waals surface area contributed by atoms with Gasteiger partial charge in [-0.25, -0.2) is 0 Å². The maximum Gasteiger partial charge on any atom is 0.161 e. The van der Waals surface area contributed by atoms with Crippen LogP contribution in [0.25, 0.3) is 0 Å². The molecular weight excluding hydrogens is 288 g/mol. The van der Waals surface area contributed by atoms with Gasteiger partial charge in [0.05, 0.1) is 7.11 Å². The number of benzene rings is 1. The van der Waals surface area contributed by atoms with Crippen LogP contribution in [0.1, 0.15) is 12.5 Å². The second-order valence-corrected chi connectivity index (χ2v) is 5.42. The predicted molar refractivity (Wildman–Crippen MR) is 88.4 cm³/mol. The lowest BCUT2D eigenvalue weighted by atomic mass is 10.1. The van der Waals surface area contributed by atoms with Gasteiger partial charge in [0.2, 0.25) is 0 Å². The fourth-order valence-corrected chi connectivity index (χ4v) is 2.56. The molecule has 1 aliphatic rings. The van der Waals surface area contributed by atoms with E-state index in [0.29, 0.717) is 12.5 Å². The molecule has 21 heavy (non-hydrogen) atoms. The molecule has 0 bridgehead atoms. The minimum Gasteiger partial charge on any atom is -0.493 e. The molecule has 1 fully saturated rings. The number of hydrogen-bond acceptors (Lipinski definition) is 4. The van der Waals surface area contributed by atoms with Gasteiger partial charge < -0.3 is 15.2 Å². The Morgan fingerprint density at radius 3 is 2.71 bits per heavy atom. The lowest BCUT2D eigenvalue weighted by Gasteiger charge is -2.17. The van der Waals surface area contributed by atoms with Gasteiger partial charge in [-0.1, -0.05) is 25.6 Å². The Morgan fingerprint density at radius 2 is 2.14 bits per heavy atom. The van der Waals surface area contributed by atoms with E-state index in [2.05, 4.69) is 24.5 Å². The second-order valence-electron chi connectivity index (χ2n) is 5.42. The molecule has 2 atom stereocenters. The number of ether oxygens (including phenoxy) is 2. The summed E-state index contributed by atoms with van der Waals surface area (Å²) in [6.07, 6.45) is 1.72. The molecule has 0 radical (unpaired) electrons. The first-order valence-electron chi connectivity index (χ1n) is 7.02. The lowest BCUT2D eigenvalue weighted by molar-refractivity contribution is 0.312. The topological polar surface area (TPSA) is 47.7 Å². The van der Waals surface area contributed by atoms with Gasteiger partial charge in [-0.05, 0) is 23.6 Å². The van der Waals surface area contributed by atoms with E-state index in [9.17, 15) is 0 Å². The zero-order chi connectivity index (χ0) is 14.5. The fourth-order valence-electron chi connectivity index (χ4n) is 2.56. The van der Waals surface area contributed by atoms with Crippen LogP contribution >= 0.6 is 12.4 Å². The number of nitrogens with zero attached hydrogens (tertiary/aromatic N) is 1. The maximum atomic E-state index is 6.06. The molecule has 2 N–H and O–H groups in total. The van der Waals surface area contributed by atoms with Gasteiger partial charge in [0, 0.05) is 25.7 Å². The van der Waals surface area contributed by atoms with Gasteiger partial charge in [0.15, 0.2) is 11.5 Å². The number of nitrogens with two attached hydrogens (primary N) is 1. The summed E-state index contributed by atoms with van der Waals surface area (Å²) in [4.78, 5) is 2.38. The van der Waals surface area contributed by atoms with Crippen molar-refractivity contribution in [3.05, 3.63) is 36.4 Å². The molecular formula is C16H25ClN2O2. The van der Waals surface area contributed by atoms with E-state index >= 15 is 0 Å².